The summed E-state index contributed by atoms with van der Waals surface area (Å²) in [6, 6.07) is 5.11. The molecule has 2 aromatic heterocycles. The van der Waals surface area contributed by atoms with Crippen LogP contribution in [0, 0.1) is 6.92 Å². The molecule has 24 heavy (non-hydrogen) atoms. The molecule has 0 aliphatic carbocycles. The summed E-state index contributed by atoms with van der Waals surface area (Å²) in [7, 11) is 2.86. The Morgan fingerprint density at radius 1 is 1.17 bits per heavy atom. The summed E-state index contributed by atoms with van der Waals surface area (Å²) in [5.74, 6) is -0.198. The molecule has 1 aromatic carbocycles. The maximum atomic E-state index is 12.4. The molecule has 0 saturated carbocycles. The number of thiazole rings is 1. The number of hydrogen-bond donors (Lipinski definition) is 1. The van der Waals surface area contributed by atoms with Crippen LogP contribution in [-0.4, -0.2) is 35.1 Å². The van der Waals surface area contributed by atoms with Gasteiger partial charge in [-0.1, -0.05) is 22.9 Å². The van der Waals surface area contributed by atoms with Gasteiger partial charge in [-0.15, -0.1) is 0 Å². The Kier molecular flexibility index (Phi) is 4.50. The van der Waals surface area contributed by atoms with Gasteiger partial charge in [0.2, 0.25) is 5.88 Å². The predicted molar refractivity (Wildman–Crippen MR) is 92.5 cm³/mol. The summed E-state index contributed by atoms with van der Waals surface area (Å²) in [6.45, 7) is 1.92. The number of rotatable bonds is 4. The van der Waals surface area contributed by atoms with Crippen LogP contribution in [0.3, 0.4) is 0 Å². The number of aromatic nitrogens is 3. The second-order valence-electron chi connectivity index (χ2n) is 4.82. The van der Waals surface area contributed by atoms with Gasteiger partial charge in [-0.2, -0.15) is 9.97 Å². The number of carbonyl (C=O) groups is 1. The van der Waals surface area contributed by atoms with Crippen molar-refractivity contribution in [1.29, 1.82) is 0 Å². The number of fused-ring (bicyclic) bond motifs is 1. The lowest BCUT2D eigenvalue weighted by Gasteiger charge is -2.05. The normalized spacial score (nSPS) is 10.7. The maximum Gasteiger partial charge on any atom is 0.320 e. The number of nitrogens with one attached hydrogen (secondary N) is 1. The molecule has 124 valence electrons. The first-order valence-corrected chi connectivity index (χ1v) is 8.04. The Balaban J connectivity index is 1.91. The molecule has 9 heteroatoms. The molecule has 7 nitrogen and oxygen atoms in total. The Labute approximate surface area is 146 Å². The minimum atomic E-state index is -0.434. The van der Waals surface area contributed by atoms with Crippen LogP contribution in [0.5, 0.6) is 11.9 Å². The predicted octanol–water partition coefficient (Wildman–Crippen LogP) is 3.32. The number of nitrogens with zero attached hydrogens (tertiary/aromatic N) is 3. The van der Waals surface area contributed by atoms with E-state index in [0.717, 1.165) is 15.8 Å². The summed E-state index contributed by atoms with van der Waals surface area (Å²) in [6.07, 6.45) is 0. The van der Waals surface area contributed by atoms with E-state index in [4.69, 9.17) is 21.1 Å². The standard InChI is InChI=1S/C15H13ClN4O3S/c1-7-4-8(16)5-10-12(7)19-15(24-10)20-13(21)9-6-11(22-2)18-14(17-9)23-3/h4-6H,1-3H3,(H,19,20,21). The van der Waals surface area contributed by atoms with E-state index in [2.05, 4.69) is 20.3 Å². The van der Waals surface area contributed by atoms with Crippen LogP contribution < -0.4 is 14.8 Å². The lowest BCUT2D eigenvalue weighted by Crippen LogP contribution is -2.14. The second kappa shape index (κ2) is 6.58. The van der Waals surface area contributed by atoms with Crippen molar-refractivity contribution in [3.05, 3.63) is 34.5 Å². The Morgan fingerprint density at radius 2 is 1.96 bits per heavy atom. The average Bonchev–Trinajstić information content (AvgIpc) is 2.96. The van der Waals surface area contributed by atoms with Crippen LogP contribution in [0.1, 0.15) is 16.1 Å². The number of benzene rings is 1. The van der Waals surface area contributed by atoms with E-state index in [1.165, 1.54) is 31.6 Å². The van der Waals surface area contributed by atoms with Crippen LogP contribution >= 0.6 is 22.9 Å². The fraction of sp³-hybridized carbons (Fsp3) is 0.200. The molecule has 0 unspecified atom stereocenters. The van der Waals surface area contributed by atoms with Crippen molar-refractivity contribution >= 4 is 44.2 Å². The van der Waals surface area contributed by atoms with E-state index in [1.807, 2.05) is 19.1 Å². The zero-order valence-corrected chi connectivity index (χ0v) is 14.7. The number of anilines is 1. The summed E-state index contributed by atoms with van der Waals surface area (Å²) >= 11 is 7.38. The Morgan fingerprint density at radius 3 is 2.67 bits per heavy atom. The quantitative estimate of drug-likeness (QED) is 0.764. The van der Waals surface area contributed by atoms with E-state index in [9.17, 15) is 4.79 Å². The van der Waals surface area contributed by atoms with Gasteiger partial charge in [-0.05, 0) is 24.6 Å². The van der Waals surface area contributed by atoms with Crippen molar-refractivity contribution in [2.45, 2.75) is 6.92 Å². The lowest BCUT2D eigenvalue weighted by molar-refractivity contribution is 0.102. The summed E-state index contributed by atoms with van der Waals surface area (Å²) in [5, 5.41) is 3.81. The summed E-state index contributed by atoms with van der Waals surface area (Å²) < 4.78 is 10.9. The molecule has 0 radical (unpaired) electrons. The second-order valence-corrected chi connectivity index (χ2v) is 6.29. The number of aryl methyl sites for hydroxylation is 1. The van der Waals surface area contributed by atoms with Crippen molar-refractivity contribution in [3.63, 3.8) is 0 Å². The van der Waals surface area contributed by atoms with Gasteiger partial charge in [-0.25, -0.2) is 4.98 Å². The van der Waals surface area contributed by atoms with Gasteiger partial charge in [-0.3, -0.25) is 10.1 Å². The topological polar surface area (TPSA) is 86.2 Å². The molecule has 0 atom stereocenters. The number of amides is 1. The summed E-state index contributed by atoms with van der Waals surface area (Å²) in [5.41, 5.74) is 1.87. The maximum absolute atomic E-state index is 12.4. The lowest BCUT2D eigenvalue weighted by atomic mass is 10.2. The third-order valence-electron chi connectivity index (χ3n) is 3.18. The van der Waals surface area contributed by atoms with Crippen LogP contribution in [-0.2, 0) is 0 Å². The van der Waals surface area contributed by atoms with Crippen LogP contribution in [0.4, 0.5) is 5.13 Å². The van der Waals surface area contributed by atoms with Crippen molar-refractivity contribution in [3.8, 4) is 11.9 Å². The Bertz CT molecular complexity index is 906. The largest absolute Gasteiger partial charge is 0.481 e. The van der Waals surface area contributed by atoms with Gasteiger partial charge in [0.15, 0.2) is 5.13 Å². The highest BCUT2D eigenvalue weighted by molar-refractivity contribution is 7.22. The van der Waals surface area contributed by atoms with Gasteiger partial charge < -0.3 is 9.47 Å². The van der Waals surface area contributed by atoms with Crippen molar-refractivity contribution in [2.75, 3.05) is 19.5 Å². The molecule has 1 N–H and O–H groups in total. The fourth-order valence-corrected chi connectivity index (χ4v) is 3.40. The highest BCUT2D eigenvalue weighted by atomic mass is 35.5. The molecule has 2 heterocycles. The molecule has 0 aliphatic rings. The minimum Gasteiger partial charge on any atom is -0.481 e. The minimum absolute atomic E-state index is 0.0476. The highest BCUT2D eigenvalue weighted by Gasteiger charge is 2.15. The molecule has 3 aromatic rings. The molecule has 0 spiro atoms. The molecule has 1 amide bonds. The zero-order valence-electron chi connectivity index (χ0n) is 13.1. The smallest absolute Gasteiger partial charge is 0.320 e. The SMILES string of the molecule is COc1cc(C(=O)Nc2nc3c(C)cc(Cl)cc3s2)nc(OC)n1. The monoisotopic (exact) mass is 364 g/mol. The van der Waals surface area contributed by atoms with Gasteiger partial charge >= 0.3 is 6.01 Å². The number of ether oxygens (including phenoxy) is 2. The van der Waals surface area contributed by atoms with Crippen LogP contribution in [0.15, 0.2) is 18.2 Å². The number of halogens is 1. The molecular formula is C15H13ClN4O3S. The Hall–Kier alpha value is -2.45. The third kappa shape index (κ3) is 3.24. The van der Waals surface area contributed by atoms with E-state index < -0.39 is 5.91 Å². The number of methoxy groups -OCH3 is 2. The molecule has 3 rings (SSSR count). The van der Waals surface area contributed by atoms with E-state index in [-0.39, 0.29) is 17.6 Å². The molecule has 0 aliphatic heterocycles. The van der Waals surface area contributed by atoms with Crippen LogP contribution in [0.25, 0.3) is 10.2 Å². The third-order valence-corrected chi connectivity index (χ3v) is 4.31. The first kappa shape index (κ1) is 16.4. The zero-order chi connectivity index (χ0) is 17.3. The van der Waals surface area contributed by atoms with E-state index in [1.54, 1.807) is 0 Å². The fourth-order valence-electron chi connectivity index (χ4n) is 2.08. The average molecular weight is 365 g/mol. The molecule has 0 fully saturated rings. The first-order valence-electron chi connectivity index (χ1n) is 6.85. The number of carbonyl (C=O) groups excluding carboxylic acids is 1. The van der Waals surface area contributed by atoms with Gasteiger partial charge in [0.25, 0.3) is 5.91 Å². The molecule has 0 saturated heterocycles. The van der Waals surface area contributed by atoms with Crippen LogP contribution in [0.2, 0.25) is 5.02 Å². The van der Waals surface area contributed by atoms with Crippen molar-refractivity contribution < 1.29 is 14.3 Å². The first-order chi connectivity index (χ1) is 11.5. The van der Waals surface area contributed by atoms with Gasteiger partial charge in [0, 0.05) is 11.1 Å². The van der Waals surface area contributed by atoms with E-state index in [0.29, 0.717) is 10.2 Å². The van der Waals surface area contributed by atoms with Gasteiger partial charge in [0.1, 0.15) is 5.69 Å². The van der Waals surface area contributed by atoms with E-state index >= 15 is 0 Å². The van der Waals surface area contributed by atoms with Crippen molar-refractivity contribution in [1.82, 2.24) is 15.0 Å². The number of hydrogen-bond acceptors (Lipinski definition) is 7. The highest BCUT2D eigenvalue weighted by Crippen LogP contribution is 2.31. The van der Waals surface area contributed by atoms with Gasteiger partial charge in [0.05, 0.1) is 24.4 Å². The summed E-state index contributed by atoms with van der Waals surface area (Å²) in [4.78, 5) is 24.8. The van der Waals surface area contributed by atoms with Crippen molar-refractivity contribution in [2.24, 2.45) is 0 Å². The molecular weight excluding hydrogens is 352 g/mol. The molecule has 0 bridgehead atoms.